The van der Waals surface area contributed by atoms with Gasteiger partial charge in [-0.3, -0.25) is 4.79 Å². The number of carbonyl (C=O) groups is 1. The Bertz CT molecular complexity index is 931. The molecule has 0 unspecified atom stereocenters. The number of benzene rings is 2. The Kier molecular flexibility index (Phi) is 5.90. The average molecular weight is 454 g/mol. The topological polar surface area (TPSA) is 70.9 Å². The fourth-order valence-corrected chi connectivity index (χ4v) is 3.70. The van der Waals surface area contributed by atoms with Crippen LogP contribution in [0, 0.1) is 0 Å². The molecule has 26 heavy (non-hydrogen) atoms. The van der Waals surface area contributed by atoms with E-state index in [1.807, 2.05) is 19.1 Å². The quantitative estimate of drug-likeness (QED) is 0.632. The molecule has 0 bridgehead atoms. The number of phenols is 1. The van der Waals surface area contributed by atoms with Crippen molar-refractivity contribution in [2.24, 2.45) is 4.99 Å². The molecule has 1 fully saturated rings. The van der Waals surface area contributed by atoms with E-state index < -0.39 is 0 Å². The minimum absolute atomic E-state index is 0.0264. The zero-order chi connectivity index (χ0) is 18.7. The SMILES string of the molecule is CCOc1cc(C=C2SC(=Nc3ccccc3Cl)NC2=O)cc(Br)c1O. The van der Waals surface area contributed by atoms with Crippen LogP contribution in [-0.2, 0) is 4.79 Å². The maximum absolute atomic E-state index is 12.2. The highest BCUT2D eigenvalue weighted by molar-refractivity contribution is 9.10. The van der Waals surface area contributed by atoms with E-state index in [-0.39, 0.29) is 11.7 Å². The first kappa shape index (κ1) is 18.8. The van der Waals surface area contributed by atoms with Gasteiger partial charge in [-0.2, -0.15) is 0 Å². The maximum atomic E-state index is 12.2. The van der Waals surface area contributed by atoms with Gasteiger partial charge in [0.05, 0.1) is 26.7 Å². The molecule has 0 spiro atoms. The van der Waals surface area contributed by atoms with E-state index >= 15 is 0 Å². The molecule has 8 heteroatoms. The molecule has 1 heterocycles. The number of hydrogen-bond acceptors (Lipinski definition) is 5. The number of thioether (sulfide) groups is 1. The second kappa shape index (κ2) is 8.16. The number of halogens is 2. The minimum atomic E-state index is -0.247. The Morgan fingerprint density at radius 3 is 2.88 bits per heavy atom. The number of aliphatic imine (C=N–C) groups is 1. The predicted molar refractivity (Wildman–Crippen MR) is 109 cm³/mol. The normalized spacial score (nSPS) is 17.0. The molecule has 1 aliphatic heterocycles. The van der Waals surface area contributed by atoms with Gasteiger partial charge in [0.2, 0.25) is 0 Å². The molecule has 0 aromatic heterocycles. The van der Waals surface area contributed by atoms with Gasteiger partial charge in [0.25, 0.3) is 5.91 Å². The van der Waals surface area contributed by atoms with Crippen LogP contribution in [0.5, 0.6) is 11.5 Å². The van der Waals surface area contributed by atoms with E-state index in [9.17, 15) is 9.90 Å². The van der Waals surface area contributed by atoms with Crippen molar-refractivity contribution in [1.82, 2.24) is 5.32 Å². The van der Waals surface area contributed by atoms with Crippen molar-refractivity contribution in [3.05, 3.63) is 56.4 Å². The molecule has 1 amide bonds. The molecule has 0 atom stereocenters. The zero-order valence-electron chi connectivity index (χ0n) is 13.6. The van der Waals surface area contributed by atoms with Crippen LogP contribution in [0.1, 0.15) is 12.5 Å². The lowest BCUT2D eigenvalue weighted by Crippen LogP contribution is -2.19. The summed E-state index contributed by atoms with van der Waals surface area (Å²) in [5, 5.41) is 13.7. The summed E-state index contributed by atoms with van der Waals surface area (Å²) in [6.07, 6.45) is 1.71. The van der Waals surface area contributed by atoms with E-state index in [4.69, 9.17) is 16.3 Å². The third kappa shape index (κ3) is 4.23. The van der Waals surface area contributed by atoms with Crippen molar-refractivity contribution in [3.8, 4) is 11.5 Å². The number of aromatic hydroxyl groups is 1. The summed E-state index contributed by atoms with van der Waals surface area (Å²) >= 11 is 10.6. The molecule has 0 saturated carbocycles. The predicted octanol–water partition coefficient (Wildman–Crippen LogP) is 5.10. The van der Waals surface area contributed by atoms with Gasteiger partial charge in [0.15, 0.2) is 16.7 Å². The summed E-state index contributed by atoms with van der Waals surface area (Å²) < 4.78 is 5.90. The molecular formula is C18H14BrClN2O3S. The number of nitrogens with one attached hydrogen (secondary N) is 1. The molecule has 1 aliphatic rings. The maximum Gasteiger partial charge on any atom is 0.264 e. The number of carbonyl (C=O) groups excluding carboxylic acids is 1. The van der Waals surface area contributed by atoms with Crippen LogP contribution < -0.4 is 10.1 Å². The number of para-hydroxylation sites is 1. The van der Waals surface area contributed by atoms with Crippen molar-refractivity contribution >= 4 is 62.1 Å². The number of nitrogens with zero attached hydrogens (tertiary/aromatic N) is 1. The van der Waals surface area contributed by atoms with Gasteiger partial charge in [0.1, 0.15) is 0 Å². The average Bonchev–Trinajstić information content (AvgIpc) is 2.94. The van der Waals surface area contributed by atoms with Gasteiger partial charge in [-0.1, -0.05) is 23.7 Å². The highest BCUT2D eigenvalue weighted by atomic mass is 79.9. The zero-order valence-corrected chi connectivity index (χ0v) is 16.8. The van der Waals surface area contributed by atoms with Gasteiger partial charge in [-0.15, -0.1) is 0 Å². The highest BCUT2D eigenvalue weighted by Gasteiger charge is 2.24. The van der Waals surface area contributed by atoms with E-state index in [1.165, 1.54) is 11.8 Å². The first-order valence-corrected chi connectivity index (χ1v) is 9.66. The summed E-state index contributed by atoms with van der Waals surface area (Å²) in [4.78, 5) is 17.1. The van der Waals surface area contributed by atoms with Crippen molar-refractivity contribution in [2.45, 2.75) is 6.92 Å². The molecule has 0 radical (unpaired) electrons. The fourth-order valence-electron chi connectivity index (χ4n) is 2.23. The monoisotopic (exact) mass is 452 g/mol. The summed E-state index contributed by atoms with van der Waals surface area (Å²) in [7, 11) is 0. The second-order valence-electron chi connectivity index (χ2n) is 5.22. The van der Waals surface area contributed by atoms with Crippen LogP contribution in [0.4, 0.5) is 5.69 Å². The fraction of sp³-hybridized carbons (Fsp3) is 0.111. The lowest BCUT2D eigenvalue weighted by atomic mass is 10.2. The molecule has 0 aliphatic carbocycles. The van der Waals surface area contributed by atoms with Crippen molar-refractivity contribution in [3.63, 3.8) is 0 Å². The molecule has 2 aromatic rings. The number of rotatable bonds is 4. The van der Waals surface area contributed by atoms with Crippen LogP contribution in [0.3, 0.4) is 0 Å². The lowest BCUT2D eigenvalue weighted by Gasteiger charge is -2.08. The molecule has 1 saturated heterocycles. The largest absolute Gasteiger partial charge is 0.503 e. The van der Waals surface area contributed by atoms with E-state index in [1.54, 1.807) is 30.3 Å². The summed E-state index contributed by atoms with van der Waals surface area (Å²) in [5.41, 5.74) is 1.30. The number of ether oxygens (including phenoxy) is 1. The molecule has 2 N–H and O–H groups in total. The smallest absolute Gasteiger partial charge is 0.264 e. The number of amidine groups is 1. The second-order valence-corrected chi connectivity index (χ2v) is 7.51. The Morgan fingerprint density at radius 2 is 2.15 bits per heavy atom. The Balaban J connectivity index is 1.89. The number of phenolic OH excluding ortho intramolecular Hbond substituents is 1. The van der Waals surface area contributed by atoms with E-state index in [0.29, 0.717) is 37.6 Å². The van der Waals surface area contributed by atoms with E-state index in [0.717, 1.165) is 5.56 Å². The lowest BCUT2D eigenvalue weighted by molar-refractivity contribution is -0.115. The van der Waals surface area contributed by atoms with Crippen LogP contribution in [0.25, 0.3) is 6.08 Å². The molecule has 134 valence electrons. The number of amides is 1. The van der Waals surface area contributed by atoms with Crippen LogP contribution in [0.15, 0.2) is 50.8 Å². The van der Waals surface area contributed by atoms with E-state index in [2.05, 4.69) is 26.2 Å². The summed E-state index contributed by atoms with van der Waals surface area (Å²) in [6, 6.07) is 10.5. The van der Waals surface area contributed by atoms with Gasteiger partial charge < -0.3 is 15.2 Å². The van der Waals surface area contributed by atoms with Gasteiger partial charge in [0, 0.05) is 0 Å². The number of hydrogen-bond donors (Lipinski definition) is 2. The highest BCUT2D eigenvalue weighted by Crippen LogP contribution is 2.37. The molecule has 5 nitrogen and oxygen atoms in total. The third-order valence-corrected chi connectivity index (χ3v) is 5.21. The van der Waals surface area contributed by atoms with Crippen molar-refractivity contribution < 1.29 is 14.6 Å². The van der Waals surface area contributed by atoms with Crippen LogP contribution in [0.2, 0.25) is 5.02 Å². The Labute approximate surface area is 168 Å². The van der Waals surface area contributed by atoms with Crippen LogP contribution >= 0.6 is 39.3 Å². The molecular weight excluding hydrogens is 440 g/mol. The summed E-state index contributed by atoms with van der Waals surface area (Å²) in [5.74, 6) is 0.128. The van der Waals surface area contributed by atoms with Crippen LogP contribution in [-0.4, -0.2) is 22.8 Å². The first-order valence-electron chi connectivity index (χ1n) is 7.67. The van der Waals surface area contributed by atoms with Crippen molar-refractivity contribution in [2.75, 3.05) is 6.61 Å². The third-order valence-electron chi connectivity index (χ3n) is 3.37. The minimum Gasteiger partial charge on any atom is -0.503 e. The Hall–Kier alpha value is -1.96. The molecule has 2 aromatic carbocycles. The van der Waals surface area contributed by atoms with Gasteiger partial charge >= 0.3 is 0 Å². The van der Waals surface area contributed by atoms with Gasteiger partial charge in [-0.25, -0.2) is 4.99 Å². The van der Waals surface area contributed by atoms with Crippen molar-refractivity contribution in [1.29, 1.82) is 0 Å². The molecule has 3 rings (SSSR count). The Morgan fingerprint density at radius 1 is 1.38 bits per heavy atom. The first-order chi connectivity index (χ1) is 12.5. The summed E-state index contributed by atoms with van der Waals surface area (Å²) in [6.45, 7) is 2.25. The standard InChI is InChI=1S/C18H14BrClN2O3S/c1-2-25-14-8-10(7-11(19)16(14)23)9-15-17(24)22-18(26-15)21-13-6-4-3-5-12(13)20/h3-9,23H,2H2,1H3,(H,21,22,24). The van der Waals surface area contributed by atoms with Gasteiger partial charge in [-0.05, 0) is 70.5 Å².